The van der Waals surface area contributed by atoms with Crippen LogP contribution >= 0.6 is 0 Å². The fourth-order valence-electron chi connectivity index (χ4n) is 2.31. The predicted octanol–water partition coefficient (Wildman–Crippen LogP) is 3.16. The molecule has 2 rings (SSSR count). The average molecular weight is 241 g/mol. The van der Waals surface area contributed by atoms with Gasteiger partial charge in [0.2, 0.25) is 0 Å². The number of anilines is 1. The summed E-state index contributed by atoms with van der Waals surface area (Å²) in [5.41, 5.74) is 2.42. The van der Waals surface area contributed by atoms with Crippen molar-refractivity contribution < 1.29 is 0 Å². The van der Waals surface area contributed by atoms with E-state index in [-0.39, 0.29) is 5.92 Å². The Morgan fingerprint density at radius 3 is 2.78 bits per heavy atom. The number of benzene rings is 1. The predicted molar refractivity (Wildman–Crippen MR) is 75.6 cm³/mol. The van der Waals surface area contributed by atoms with Gasteiger partial charge in [-0.1, -0.05) is 25.1 Å². The molecule has 0 aliphatic rings. The summed E-state index contributed by atoms with van der Waals surface area (Å²) >= 11 is 0. The SMILES string of the molecule is CCC(C#N)CN(C)c1cn(C)c2ccccc12. The van der Waals surface area contributed by atoms with Crippen molar-refractivity contribution in [3.63, 3.8) is 0 Å². The van der Waals surface area contributed by atoms with Crippen molar-refractivity contribution >= 4 is 16.6 Å². The van der Waals surface area contributed by atoms with Crippen LogP contribution in [0.3, 0.4) is 0 Å². The molecule has 0 bridgehead atoms. The van der Waals surface area contributed by atoms with Crippen LogP contribution in [0.5, 0.6) is 0 Å². The number of para-hydroxylation sites is 1. The molecule has 0 aliphatic heterocycles. The zero-order valence-corrected chi connectivity index (χ0v) is 11.2. The van der Waals surface area contributed by atoms with Gasteiger partial charge in [0.25, 0.3) is 0 Å². The number of nitriles is 1. The molecule has 3 heteroatoms. The third-order valence-corrected chi connectivity index (χ3v) is 3.46. The quantitative estimate of drug-likeness (QED) is 0.823. The van der Waals surface area contributed by atoms with Crippen LogP contribution in [0.1, 0.15) is 13.3 Å². The monoisotopic (exact) mass is 241 g/mol. The minimum absolute atomic E-state index is 0.0916. The largest absolute Gasteiger partial charge is 0.372 e. The molecule has 18 heavy (non-hydrogen) atoms. The number of nitrogens with zero attached hydrogens (tertiary/aromatic N) is 3. The summed E-state index contributed by atoms with van der Waals surface area (Å²) in [6, 6.07) is 10.7. The first kappa shape index (κ1) is 12.5. The molecule has 2 aromatic rings. The highest BCUT2D eigenvalue weighted by Gasteiger charge is 2.13. The number of aryl methyl sites for hydroxylation is 1. The van der Waals surface area contributed by atoms with Gasteiger partial charge >= 0.3 is 0 Å². The Hall–Kier alpha value is -1.95. The van der Waals surface area contributed by atoms with E-state index in [4.69, 9.17) is 5.26 Å². The van der Waals surface area contributed by atoms with Crippen molar-refractivity contribution in [2.45, 2.75) is 13.3 Å². The van der Waals surface area contributed by atoms with Gasteiger partial charge in [-0.15, -0.1) is 0 Å². The highest BCUT2D eigenvalue weighted by Crippen LogP contribution is 2.28. The lowest BCUT2D eigenvalue weighted by molar-refractivity contribution is 0.631. The van der Waals surface area contributed by atoms with Crippen LogP contribution in [0.15, 0.2) is 30.5 Å². The Morgan fingerprint density at radius 2 is 2.11 bits per heavy atom. The zero-order valence-electron chi connectivity index (χ0n) is 11.2. The average Bonchev–Trinajstić information content (AvgIpc) is 2.74. The van der Waals surface area contributed by atoms with Crippen molar-refractivity contribution in [2.24, 2.45) is 13.0 Å². The molecule has 0 saturated heterocycles. The molecule has 0 N–H and O–H groups in total. The first-order valence-corrected chi connectivity index (χ1v) is 6.32. The fourth-order valence-corrected chi connectivity index (χ4v) is 2.31. The van der Waals surface area contributed by atoms with E-state index in [2.05, 4.69) is 67.0 Å². The molecule has 3 nitrogen and oxygen atoms in total. The van der Waals surface area contributed by atoms with Crippen molar-refractivity contribution in [1.82, 2.24) is 4.57 Å². The summed E-state index contributed by atoms with van der Waals surface area (Å²) < 4.78 is 2.13. The molecule has 1 unspecified atom stereocenters. The maximum atomic E-state index is 9.06. The van der Waals surface area contributed by atoms with E-state index in [1.807, 2.05) is 0 Å². The molecular weight excluding hydrogens is 222 g/mol. The van der Waals surface area contributed by atoms with Gasteiger partial charge in [0.1, 0.15) is 0 Å². The first-order chi connectivity index (χ1) is 8.67. The van der Waals surface area contributed by atoms with E-state index in [0.29, 0.717) is 0 Å². The number of rotatable bonds is 4. The third kappa shape index (κ3) is 2.19. The Bertz CT molecular complexity index is 577. The summed E-state index contributed by atoms with van der Waals surface area (Å²) in [6.07, 6.45) is 3.03. The molecule has 0 aliphatic carbocycles. The minimum Gasteiger partial charge on any atom is -0.372 e. The summed E-state index contributed by atoms with van der Waals surface area (Å²) in [5, 5.41) is 10.3. The lowest BCUT2D eigenvalue weighted by Gasteiger charge is -2.20. The van der Waals surface area contributed by atoms with E-state index >= 15 is 0 Å². The number of hydrogen-bond donors (Lipinski definition) is 0. The van der Waals surface area contributed by atoms with E-state index in [1.54, 1.807) is 0 Å². The molecule has 1 aromatic heterocycles. The Labute approximate surface area is 108 Å². The van der Waals surface area contributed by atoms with Gasteiger partial charge in [-0.3, -0.25) is 0 Å². The van der Waals surface area contributed by atoms with Crippen LogP contribution in [0.25, 0.3) is 10.9 Å². The topological polar surface area (TPSA) is 32.0 Å². The fraction of sp³-hybridized carbons (Fsp3) is 0.400. The van der Waals surface area contributed by atoms with E-state index in [1.165, 1.54) is 16.6 Å². The van der Waals surface area contributed by atoms with Crippen molar-refractivity contribution in [1.29, 1.82) is 5.26 Å². The number of aromatic nitrogens is 1. The van der Waals surface area contributed by atoms with Gasteiger partial charge in [-0.25, -0.2) is 0 Å². The van der Waals surface area contributed by atoms with Crippen LogP contribution in [-0.4, -0.2) is 18.2 Å². The molecule has 0 fully saturated rings. The van der Waals surface area contributed by atoms with Crippen LogP contribution in [-0.2, 0) is 7.05 Å². The Morgan fingerprint density at radius 1 is 1.39 bits per heavy atom. The van der Waals surface area contributed by atoms with E-state index in [9.17, 15) is 0 Å². The van der Waals surface area contributed by atoms with Crippen molar-refractivity contribution in [2.75, 3.05) is 18.5 Å². The molecule has 1 atom stereocenters. The highest BCUT2D eigenvalue weighted by molar-refractivity contribution is 5.93. The molecule has 0 saturated carbocycles. The van der Waals surface area contributed by atoms with Crippen molar-refractivity contribution in [3.8, 4) is 6.07 Å². The molecular formula is C15H19N3. The van der Waals surface area contributed by atoms with Crippen molar-refractivity contribution in [3.05, 3.63) is 30.5 Å². The summed E-state index contributed by atoms with van der Waals surface area (Å²) in [4.78, 5) is 2.18. The van der Waals surface area contributed by atoms with Crippen LogP contribution in [0.2, 0.25) is 0 Å². The molecule has 0 spiro atoms. The van der Waals surface area contributed by atoms with Crippen LogP contribution in [0.4, 0.5) is 5.69 Å². The Kier molecular flexibility index (Phi) is 3.57. The summed E-state index contributed by atoms with van der Waals surface area (Å²) in [6.45, 7) is 2.84. The number of hydrogen-bond acceptors (Lipinski definition) is 2. The molecule has 94 valence electrons. The van der Waals surface area contributed by atoms with Crippen LogP contribution in [0, 0.1) is 17.2 Å². The third-order valence-electron chi connectivity index (χ3n) is 3.46. The van der Waals surface area contributed by atoms with Gasteiger partial charge in [-0.05, 0) is 12.5 Å². The maximum Gasteiger partial charge on any atom is 0.0674 e. The molecule has 1 heterocycles. The van der Waals surface area contributed by atoms with E-state index in [0.717, 1.165) is 13.0 Å². The summed E-state index contributed by atoms with van der Waals surface area (Å²) in [5.74, 6) is 0.0916. The molecule has 1 aromatic carbocycles. The second-order valence-electron chi connectivity index (χ2n) is 4.76. The van der Waals surface area contributed by atoms with Gasteiger partial charge in [-0.2, -0.15) is 5.26 Å². The van der Waals surface area contributed by atoms with Gasteiger partial charge in [0, 0.05) is 37.7 Å². The van der Waals surface area contributed by atoms with Gasteiger partial charge < -0.3 is 9.47 Å². The second kappa shape index (κ2) is 5.14. The standard InChI is InChI=1S/C15H19N3/c1-4-12(9-16)10-17(2)15-11-18(3)14-8-6-5-7-13(14)15/h5-8,11-12H,4,10H2,1-3H3. The lowest BCUT2D eigenvalue weighted by Crippen LogP contribution is -2.24. The first-order valence-electron chi connectivity index (χ1n) is 6.32. The van der Waals surface area contributed by atoms with Gasteiger partial charge in [0.05, 0.1) is 17.7 Å². The normalized spacial score (nSPS) is 12.3. The Balaban J connectivity index is 2.34. The highest BCUT2D eigenvalue weighted by atomic mass is 15.1. The van der Waals surface area contributed by atoms with E-state index < -0.39 is 0 Å². The molecule has 0 radical (unpaired) electrons. The zero-order chi connectivity index (χ0) is 13.1. The minimum atomic E-state index is 0.0916. The summed E-state index contributed by atoms with van der Waals surface area (Å²) in [7, 11) is 4.11. The number of fused-ring (bicyclic) bond motifs is 1. The van der Waals surface area contributed by atoms with Crippen LogP contribution < -0.4 is 4.90 Å². The van der Waals surface area contributed by atoms with Gasteiger partial charge in [0.15, 0.2) is 0 Å². The lowest BCUT2D eigenvalue weighted by atomic mass is 10.1. The smallest absolute Gasteiger partial charge is 0.0674 e. The second-order valence-corrected chi connectivity index (χ2v) is 4.76. The maximum absolute atomic E-state index is 9.06. The molecule has 0 amide bonds.